The van der Waals surface area contributed by atoms with E-state index >= 15 is 0 Å². The van der Waals surface area contributed by atoms with Gasteiger partial charge in [-0.05, 0) is 146 Å². The first-order valence-corrected chi connectivity index (χ1v) is 27.5. The Bertz CT molecular complexity index is 2480. The average molecular weight is 1060 g/mol. The van der Waals surface area contributed by atoms with Crippen LogP contribution in [0.15, 0.2) is 115 Å². The number of phenols is 7. The zero-order valence-electron chi connectivity index (χ0n) is 46.4. The number of ketones is 4. The minimum Gasteiger partial charge on any atom is -0.504 e. The van der Waals surface area contributed by atoms with Crippen molar-refractivity contribution in [1.82, 2.24) is 0 Å². The Balaban J connectivity index is 0.000000513. The first kappa shape index (κ1) is 67.7. The molecule has 0 aliphatic carbocycles. The van der Waals surface area contributed by atoms with Gasteiger partial charge in [-0.3, -0.25) is 19.2 Å². The van der Waals surface area contributed by atoms with E-state index in [0.717, 1.165) is 62.5 Å². The smallest absolute Gasteiger partial charge is 0.178 e. The summed E-state index contributed by atoms with van der Waals surface area (Å²) in [6, 6.07) is 18.6. The Morgan fingerprint density at radius 2 is 0.805 bits per heavy atom. The van der Waals surface area contributed by atoms with Crippen LogP contribution in [-0.4, -0.2) is 66.0 Å². The van der Waals surface area contributed by atoms with Crippen LogP contribution >= 0.6 is 0 Å². The number of aromatic hydroxyl groups is 7. The molecule has 4 aromatic carbocycles. The summed E-state index contributed by atoms with van der Waals surface area (Å²) in [6.07, 6.45) is 39.1. The van der Waals surface area contributed by atoms with Crippen LogP contribution in [0.3, 0.4) is 0 Å². The van der Waals surface area contributed by atoms with E-state index in [4.69, 9.17) is 14.9 Å². The number of methoxy groups -OCH3 is 1. The molecule has 0 aliphatic heterocycles. The van der Waals surface area contributed by atoms with Crippen LogP contribution in [0.2, 0.25) is 0 Å². The Morgan fingerprint density at radius 3 is 1.26 bits per heavy atom. The maximum absolute atomic E-state index is 11.7. The zero-order valence-corrected chi connectivity index (χ0v) is 46.4. The van der Waals surface area contributed by atoms with E-state index in [2.05, 4.69) is 27.7 Å². The summed E-state index contributed by atoms with van der Waals surface area (Å²) in [4.78, 5) is 46.4. The summed E-state index contributed by atoms with van der Waals surface area (Å²) in [5.74, 6) is -0.166. The van der Waals surface area contributed by atoms with Gasteiger partial charge in [0.25, 0.3) is 0 Å². The third-order valence-corrected chi connectivity index (χ3v) is 11.9. The highest BCUT2D eigenvalue weighted by Gasteiger charge is 2.06. The minimum atomic E-state index is -0.190. The zero-order chi connectivity index (χ0) is 57.1. The molecule has 12 nitrogen and oxygen atoms in total. The predicted octanol–water partition coefficient (Wildman–Crippen LogP) is 15.9. The van der Waals surface area contributed by atoms with Crippen molar-refractivity contribution in [2.45, 2.75) is 169 Å². The van der Waals surface area contributed by atoms with Crippen molar-refractivity contribution >= 4 is 41.4 Å². The topological polar surface area (TPSA) is 219 Å². The number of allylic oxidation sites excluding steroid dienone is 7. The number of hydrogen-bond donors (Lipinski definition) is 7. The summed E-state index contributed by atoms with van der Waals surface area (Å²) in [5.41, 5.74) is 3.07. The van der Waals surface area contributed by atoms with Crippen LogP contribution in [0, 0.1) is 0 Å². The molecule has 0 saturated heterocycles. The largest absolute Gasteiger partial charge is 0.504 e. The van der Waals surface area contributed by atoms with Crippen molar-refractivity contribution in [1.29, 1.82) is 0 Å². The highest BCUT2D eigenvalue weighted by molar-refractivity contribution is 6.02. The predicted molar refractivity (Wildman–Crippen MR) is 313 cm³/mol. The fraction of sp³-hybridized carbons (Fsp3) is 0.415. The number of unbranched alkanes of at least 4 members (excludes halogenated alkanes) is 14. The van der Waals surface area contributed by atoms with Crippen LogP contribution in [-0.2, 0) is 25.6 Å². The molecule has 0 heterocycles. The Morgan fingerprint density at radius 1 is 0.403 bits per heavy atom. The number of aryl methyl sites for hydroxylation is 1. The van der Waals surface area contributed by atoms with Crippen LogP contribution < -0.4 is 4.74 Å². The van der Waals surface area contributed by atoms with Gasteiger partial charge < -0.3 is 40.5 Å². The average Bonchev–Trinajstić information content (AvgIpc) is 3.42. The van der Waals surface area contributed by atoms with Gasteiger partial charge in [0, 0.05) is 19.3 Å². The monoisotopic (exact) mass is 1060 g/mol. The molecule has 0 unspecified atom stereocenters. The standard InChI is InChI=1S/C17H22O3.C16H24O3.C16H22O3.C16H20O3/c1-3-4-5-6-7-8-15(18)11-9-14-10-12-16(19)17(13-14)20-2;3*1-2-3-4-5-6-7-14(17)10-8-13-9-11-15(18)16(19)12-13/h7-13,19H,3-6H2,1-2H3;9,11-12,18-19H,2-8,10H2,1H3;8-12,18-19H,2-7H2,1H3;6-12,18-19H,2-5H2,1H3/b8-7+,11-9+;;10-8+;7-6+,10-8+. The van der Waals surface area contributed by atoms with E-state index in [0.29, 0.717) is 42.6 Å². The molecule has 0 saturated carbocycles. The number of Topliss-reactive ketones (excluding diaryl/α,β-unsaturated/α-hetero) is 1. The Labute approximate surface area is 458 Å². The second kappa shape index (κ2) is 42.8. The maximum Gasteiger partial charge on any atom is 0.178 e. The third kappa shape index (κ3) is 34.0. The van der Waals surface area contributed by atoms with E-state index in [1.165, 1.54) is 126 Å². The second-order valence-corrected chi connectivity index (χ2v) is 18.7. The molecule has 4 aromatic rings. The van der Waals surface area contributed by atoms with Crippen LogP contribution in [0.5, 0.6) is 46.0 Å². The normalized spacial score (nSPS) is 11.1. The van der Waals surface area contributed by atoms with E-state index in [-0.39, 0.29) is 63.4 Å². The minimum absolute atomic E-state index is 0.0338. The Hall–Kier alpha value is -7.34. The van der Waals surface area contributed by atoms with Gasteiger partial charge in [-0.25, -0.2) is 0 Å². The van der Waals surface area contributed by atoms with E-state index in [9.17, 15) is 44.7 Å². The number of carbonyl (C=O) groups excluding carboxylic acids is 4. The van der Waals surface area contributed by atoms with Gasteiger partial charge in [-0.15, -0.1) is 0 Å². The van der Waals surface area contributed by atoms with Crippen LogP contribution in [0.4, 0.5) is 0 Å². The second-order valence-electron chi connectivity index (χ2n) is 18.7. The molecule has 0 fully saturated rings. The van der Waals surface area contributed by atoms with Gasteiger partial charge in [-0.2, -0.15) is 0 Å². The van der Waals surface area contributed by atoms with Gasteiger partial charge in [0.1, 0.15) is 5.78 Å². The van der Waals surface area contributed by atoms with Crippen molar-refractivity contribution in [2.75, 3.05) is 7.11 Å². The SMILES string of the molecule is CCCCC/C=C/C(=O)/C=C/c1ccc(O)c(O)c1.CCCCC/C=C/C(=O)/C=C/c1ccc(O)c(OC)c1.CCCCCCCC(=O)/C=C/c1ccc(O)c(O)c1.CCCCCCCC(=O)CCc1ccc(O)c(O)c1. The summed E-state index contributed by atoms with van der Waals surface area (Å²) >= 11 is 0. The van der Waals surface area contributed by atoms with Crippen molar-refractivity contribution in [3.63, 3.8) is 0 Å². The fourth-order valence-corrected chi connectivity index (χ4v) is 7.21. The fourth-order valence-electron chi connectivity index (χ4n) is 7.21. The molecule has 4 rings (SSSR count). The van der Waals surface area contributed by atoms with Gasteiger partial charge >= 0.3 is 0 Å². The summed E-state index contributed by atoms with van der Waals surface area (Å²) in [7, 11) is 1.49. The number of phenolic OH excluding ortho intramolecular Hbond substituents is 7. The van der Waals surface area contributed by atoms with Crippen LogP contribution in [0.25, 0.3) is 18.2 Å². The molecule has 0 atom stereocenters. The lowest BCUT2D eigenvalue weighted by atomic mass is 10.0. The lowest BCUT2D eigenvalue weighted by Crippen LogP contribution is -2.00. The van der Waals surface area contributed by atoms with Gasteiger partial charge in [-0.1, -0.05) is 159 Å². The molecule has 0 radical (unpaired) electrons. The van der Waals surface area contributed by atoms with E-state index in [1.807, 2.05) is 12.2 Å². The number of rotatable bonds is 32. The number of benzene rings is 4. The molecule has 12 heteroatoms. The summed E-state index contributed by atoms with van der Waals surface area (Å²) < 4.78 is 5.01. The number of hydrogen-bond acceptors (Lipinski definition) is 12. The number of ether oxygens (including phenoxy) is 1. The van der Waals surface area contributed by atoms with Gasteiger partial charge in [0.15, 0.2) is 63.3 Å². The van der Waals surface area contributed by atoms with Crippen molar-refractivity contribution in [2.24, 2.45) is 0 Å². The van der Waals surface area contributed by atoms with Gasteiger partial charge in [0.05, 0.1) is 7.11 Å². The highest BCUT2D eigenvalue weighted by Crippen LogP contribution is 2.29. The first-order chi connectivity index (χ1) is 37.1. The molecular weight excluding hydrogens is 973 g/mol. The third-order valence-electron chi connectivity index (χ3n) is 11.9. The van der Waals surface area contributed by atoms with Gasteiger partial charge in [0.2, 0.25) is 0 Å². The van der Waals surface area contributed by atoms with E-state index in [1.54, 1.807) is 66.8 Å². The molecule has 0 amide bonds. The Kier molecular flexibility index (Phi) is 37.6. The molecule has 420 valence electrons. The molecule has 7 N–H and O–H groups in total. The molecule has 0 aromatic heterocycles. The van der Waals surface area contributed by atoms with E-state index < -0.39 is 0 Å². The van der Waals surface area contributed by atoms with Crippen molar-refractivity contribution in [3.05, 3.63) is 138 Å². The number of carbonyl (C=O) groups is 4. The molecule has 0 bridgehead atoms. The van der Waals surface area contributed by atoms with Crippen LogP contribution in [0.1, 0.15) is 185 Å². The quantitative estimate of drug-likeness (QED) is 0.0138. The van der Waals surface area contributed by atoms with Crippen molar-refractivity contribution < 1.29 is 59.7 Å². The highest BCUT2D eigenvalue weighted by atomic mass is 16.5. The maximum atomic E-state index is 11.7. The summed E-state index contributed by atoms with van der Waals surface area (Å²) in [5, 5.41) is 65.0. The molecule has 0 aliphatic rings. The molecule has 77 heavy (non-hydrogen) atoms. The lowest BCUT2D eigenvalue weighted by Gasteiger charge is -2.04. The first-order valence-electron chi connectivity index (χ1n) is 27.5. The lowest BCUT2D eigenvalue weighted by molar-refractivity contribution is -0.119. The summed E-state index contributed by atoms with van der Waals surface area (Å²) in [6.45, 7) is 8.65. The molecular formula is C65H88O12. The van der Waals surface area contributed by atoms with Crippen molar-refractivity contribution in [3.8, 4) is 46.0 Å². The molecule has 0 spiro atoms.